The summed E-state index contributed by atoms with van der Waals surface area (Å²) >= 11 is 0. The van der Waals surface area contributed by atoms with Gasteiger partial charge in [-0.2, -0.15) is 0 Å². The van der Waals surface area contributed by atoms with Gasteiger partial charge in [0.1, 0.15) is 5.75 Å². The van der Waals surface area contributed by atoms with E-state index in [1.807, 2.05) is 6.07 Å². The molecule has 20 heavy (non-hydrogen) atoms. The van der Waals surface area contributed by atoms with Gasteiger partial charge in [0.15, 0.2) is 0 Å². The number of ether oxygens (including phenoxy) is 3. The quantitative estimate of drug-likeness (QED) is 0.832. The molecule has 1 atom stereocenters. The molecule has 2 rings (SSSR count). The fourth-order valence-electron chi connectivity index (χ4n) is 2.41. The molecule has 4 heteroatoms. The van der Waals surface area contributed by atoms with Gasteiger partial charge < -0.3 is 19.5 Å². The van der Waals surface area contributed by atoms with Crippen LogP contribution in [0.3, 0.4) is 0 Å². The van der Waals surface area contributed by atoms with Crippen molar-refractivity contribution in [1.82, 2.24) is 5.32 Å². The predicted octanol–water partition coefficient (Wildman–Crippen LogP) is 2.53. The second-order valence-corrected chi connectivity index (χ2v) is 5.91. The van der Waals surface area contributed by atoms with Gasteiger partial charge in [0.25, 0.3) is 0 Å². The minimum atomic E-state index is 0.288. The number of nitrogens with one attached hydrogen (secondary N) is 1. The van der Waals surface area contributed by atoms with Crippen LogP contribution in [0.5, 0.6) is 5.75 Å². The average Bonchev–Trinajstić information content (AvgIpc) is 2.43. The van der Waals surface area contributed by atoms with Crippen molar-refractivity contribution in [2.45, 2.75) is 26.5 Å². The normalized spacial score (nSPS) is 18.4. The van der Waals surface area contributed by atoms with Crippen molar-refractivity contribution in [3.8, 4) is 5.75 Å². The van der Waals surface area contributed by atoms with Crippen molar-refractivity contribution in [2.24, 2.45) is 5.41 Å². The molecular formula is C16H25NO3. The van der Waals surface area contributed by atoms with Crippen LogP contribution in [0.2, 0.25) is 0 Å². The van der Waals surface area contributed by atoms with Gasteiger partial charge in [-0.15, -0.1) is 0 Å². The average molecular weight is 279 g/mol. The zero-order chi connectivity index (χ0) is 14.6. The maximum Gasteiger partial charge on any atom is 0.124 e. The first kappa shape index (κ1) is 15.3. The van der Waals surface area contributed by atoms with Crippen LogP contribution in [0.1, 0.15) is 31.0 Å². The molecule has 1 heterocycles. The van der Waals surface area contributed by atoms with Crippen LogP contribution >= 0.6 is 0 Å². The molecule has 0 amide bonds. The summed E-state index contributed by atoms with van der Waals surface area (Å²) in [6, 6.07) is 6.57. The molecule has 1 aliphatic heterocycles. The first-order chi connectivity index (χ1) is 9.58. The minimum Gasteiger partial charge on any atom is -0.496 e. The number of rotatable bonds is 7. The van der Waals surface area contributed by atoms with E-state index in [2.05, 4.69) is 31.3 Å². The van der Waals surface area contributed by atoms with Crippen LogP contribution in [-0.2, 0) is 16.1 Å². The molecular weight excluding hydrogens is 254 g/mol. The van der Waals surface area contributed by atoms with Gasteiger partial charge in [-0.25, -0.2) is 0 Å². The molecule has 1 aromatic carbocycles. The van der Waals surface area contributed by atoms with Crippen molar-refractivity contribution >= 4 is 0 Å². The van der Waals surface area contributed by atoms with E-state index in [-0.39, 0.29) is 5.41 Å². The molecule has 1 aliphatic rings. The van der Waals surface area contributed by atoms with Crippen molar-refractivity contribution < 1.29 is 14.2 Å². The number of hydrogen-bond donors (Lipinski definition) is 1. The Morgan fingerprint density at radius 3 is 2.65 bits per heavy atom. The Kier molecular flexibility index (Phi) is 5.02. The number of hydrogen-bond acceptors (Lipinski definition) is 4. The highest BCUT2D eigenvalue weighted by atomic mass is 16.5. The molecule has 0 aliphatic carbocycles. The summed E-state index contributed by atoms with van der Waals surface area (Å²) in [6.07, 6.45) is 0. The molecule has 4 nitrogen and oxygen atoms in total. The van der Waals surface area contributed by atoms with Crippen LogP contribution in [0.15, 0.2) is 18.2 Å². The van der Waals surface area contributed by atoms with Gasteiger partial charge in [-0.05, 0) is 24.6 Å². The van der Waals surface area contributed by atoms with Gasteiger partial charge >= 0.3 is 0 Å². The van der Waals surface area contributed by atoms with E-state index in [1.54, 1.807) is 14.2 Å². The van der Waals surface area contributed by atoms with Gasteiger partial charge in [-0.1, -0.05) is 13.0 Å². The lowest BCUT2D eigenvalue weighted by Crippen LogP contribution is -2.47. The van der Waals surface area contributed by atoms with Crippen LogP contribution in [0.4, 0.5) is 0 Å². The molecule has 112 valence electrons. The monoisotopic (exact) mass is 279 g/mol. The molecule has 1 fully saturated rings. The molecule has 0 spiro atoms. The lowest BCUT2D eigenvalue weighted by molar-refractivity contribution is -0.0999. The Bertz CT molecular complexity index is 443. The summed E-state index contributed by atoms with van der Waals surface area (Å²) in [4.78, 5) is 0. The summed E-state index contributed by atoms with van der Waals surface area (Å²) in [5.41, 5.74) is 2.62. The predicted molar refractivity (Wildman–Crippen MR) is 79.1 cm³/mol. The summed E-state index contributed by atoms with van der Waals surface area (Å²) in [6.45, 7) is 7.67. The second-order valence-electron chi connectivity index (χ2n) is 5.91. The van der Waals surface area contributed by atoms with Crippen molar-refractivity contribution in [3.63, 3.8) is 0 Å². The van der Waals surface area contributed by atoms with Crippen LogP contribution in [0.25, 0.3) is 0 Å². The van der Waals surface area contributed by atoms with Crippen molar-refractivity contribution in [2.75, 3.05) is 34.0 Å². The Morgan fingerprint density at radius 2 is 2.10 bits per heavy atom. The van der Waals surface area contributed by atoms with Gasteiger partial charge in [-0.3, -0.25) is 0 Å². The highest BCUT2D eigenvalue weighted by Crippen LogP contribution is 2.28. The van der Waals surface area contributed by atoms with Crippen molar-refractivity contribution in [3.05, 3.63) is 29.3 Å². The molecule has 0 aromatic heterocycles. The molecule has 1 N–H and O–H groups in total. The Hall–Kier alpha value is -1.10. The maximum absolute atomic E-state index is 5.36. The van der Waals surface area contributed by atoms with E-state index in [4.69, 9.17) is 14.2 Å². The Morgan fingerprint density at radius 1 is 1.35 bits per heavy atom. The standard InChI is InChI=1S/C16H25NO3/c1-12(17-9-16(2)10-20-11-16)13-5-6-15(19-4)14(7-13)8-18-3/h5-7,12,17H,8-11H2,1-4H3. The van der Waals surface area contributed by atoms with E-state index >= 15 is 0 Å². The number of benzene rings is 1. The lowest BCUT2D eigenvalue weighted by Gasteiger charge is -2.39. The van der Waals surface area contributed by atoms with E-state index in [1.165, 1.54) is 5.56 Å². The van der Waals surface area contributed by atoms with Gasteiger partial charge in [0.05, 0.1) is 26.9 Å². The lowest BCUT2D eigenvalue weighted by atomic mass is 9.88. The Balaban J connectivity index is 2.01. The van der Waals surface area contributed by atoms with Gasteiger partial charge in [0.2, 0.25) is 0 Å². The Labute approximate surface area is 121 Å². The van der Waals surface area contributed by atoms with E-state index in [0.717, 1.165) is 31.1 Å². The van der Waals surface area contributed by atoms with Crippen molar-refractivity contribution in [1.29, 1.82) is 0 Å². The molecule has 0 radical (unpaired) electrons. The van der Waals surface area contributed by atoms with Crippen LogP contribution in [-0.4, -0.2) is 34.0 Å². The molecule has 1 unspecified atom stereocenters. The fraction of sp³-hybridized carbons (Fsp3) is 0.625. The maximum atomic E-state index is 5.36. The SMILES string of the molecule is COCc1cc(C(C)NCC2(C)COC2)ccc1OC. The first-order valence-corrected chi connectivity index (χ1v) is 7.05. The first-order valence-electron chi connectivity index (χ1n) is 7.05. The molecule has 0 saturated carbocycles. The fourth-order valence-corrected chi connectivity index (χ4v) is 2.41. The van der Waals surface area contributed by atoms with E-state index in [0.29, 0.717) is 12.6 Å². The second kappa shape index (κ2) is 6.57. The largest absolute Gasteiger partial charge is 0.496 e. The third-order valence-electron chi connectivity index (χ3n) is 3.84. The summed E-state index contributed by atoms with van der Waals surface area (Å²) in [5.74, 6) is 0.877. The van der Waals surface area contributed by atoms with Gasteiger partial charge in [0, 0.05) is 30.7 Å². The minimum absolute atomic E-state index is 0.288. The van der Waals surface area contributed by atoms with Crippen LogP contribution in [0, 0.1) is 5.41 Å². The summed E-state index contributed by atoms with van der Waals surface area (Å²) in [5, 5.41) is 3.59. The smallest absolute Gasteiger partial charge is 0.124 e. The third-order valence-corrected chi connectivity index (χ3v) is 3.84. The zero-order valence-electron chi connectivity index (χ0n) is 12.9. The highest BCUT2D eigenvalue weighted by molar-refractivity contribution is 5.38. The third kappa shape index (κ3) is 3.51. The highest BCUT2D eigenvalue weighted by Gasteiger charge is 2.33. The number of methoxy groups -OCH3 is 2. The van der Waals surface area contributed by atoms with E-state index < -0.39 is 0 Å². The van der Waals surface area contributed by atoms with E-state index in [9.17, 15) is 0 Å². The van der Waals surface area contributed by atoms with Crippen LogP contribution < -0.4 is 10.1 Å². The molecule has 1 saturated heterocycles. The topological polar surface area (TPSA) is 39.7 Å². The summed E-state index contributed by atoms with van der Waals surface area (Å²) in [7, 11) is 3.39. The molecule has 1 aromatic rings. The molecule has 0 bridgehead atoms. The summed E-state index contributed by atoms with van der Waals surface area (Å²) < 4.78 is 15.9. The zero-order valence-corrected chi connectivity index (χ0v) is 12.9.